The van der Waals surface area contributed by atoms with E-state index in [-0.39, 0.29) is 18.5 Å². The fourth-order valence-electron chi connectivity index (χ4n) is 2.75. The van der Waals surface area contributed by atoms with Gasteiger partial charge in [-0.2, -0.15) is 0 Å². The van der Waals surface area contributed by atoms with Gasteiger partial charge in [0, 0.05) is 19.1 Å². The molecule has 0 aromatic rings. The van der Waals surface area contributed by atoms with Crippen molar-refractivity contribution in [3.8, 4) is 0 Å². The van der Waals surface area contributed by atoms with Gasteiger partial charge in [-0.1, -0.05) is 6.92 Å². The highest BCUT2D eigenvalue weighted by Crippen LogP contribution is 2.20. The van der Waals surface area contributed by atoms with Gasteiger partial charge in [0.25, 0.3) is 0 Å². The van der Waals surface area contributed by atoms with Crippen LogP contribution in [0.4, 0.5) is 4.79 Å². The number of piperidine rings is 1. The first-order valence-corrected chi connectivity index (χ1v) is 6.93. The average Bonchev–Trinajstić information content (AvgIpc) is 2.41. The number of likely N-dealkylation sites (tertiary alicyclic amines) is 1. The van der Waals surface area contributed by atoms with Crippen LogP contribution in [0.2, 0.25) is 0 Å². The molecule has 1 unspecified atom stereocenters. The van der Waals surface area contributed by atoms with Gasteiger partial charge in [0.05, 0.1) is 6.61 Å². The number of carbonyl (C=O) groups is 2. The van der Waals surface area contributed by atoms with E-state index in [2.05, 4.69) is 6.92 Å². The Balaban J connectivity index is 1.91. The first-order valence-electron chi connectivity index (χ1n) is 6.93. The Morgan fingerprint density at radius 1 is 1.33 bits per heavy atom. The molecule has 0 bridgehead atoms. The lowest BCUT2D eigenvalue weighted by Gasteiger charge is -2.37. The van der Waals surface area contributed by atoms with E-state index in [0.29, 0.717) is 19.2 Å². The van der Waals surface area contributed by atoms with Crippen LogP contribution in [-0.2, 0) is 9.53 Å². The number of hydrogen-bond acceptors (Lipinski definition) is 3. The van der Waals surface area contributed by atoms with Crippen LogP contribution in [0.25, 0.3) is 0 Å². The second-order valence-corrected chi connectivity index (χ2v) is 5.03. The molecule has 0 saturated carbocycles. The molecule has 2 rings (SSSR count). The van der Waals surface area contributed by atoms with Crippen LogP contribution >= 0.6 is 0 Å². The molecule has 102 valence electrons. The average molecular weight is 254 g/mol. The quantitative estimate of drug-likeness (QED) is 0.769. The molecule has 0 aromatic carbocycles. The highest BCUT2D eigenvalue weighted by molar-refractivity contribution is 5.82. The summed E-state index contributed by atoms with van der Waals surface area (Å²) in [6.45, 7) is 4.24. The zero-order valence-corrected chi connectivity index (χ0v) is 11.1. The summed E-state index contributed by atoms with van der Waals surface area (Å²) in [7, 11) is 0. The van der Waals surface area contributed by atoms with Gasteiger partial charge >= 0.3 is 6.09 Å². The van der Waals surface area contributed by atoms with Gasteiger partial charge in [-0.25, -0.2) is 4.79 Å². The van der Waals surface area contributed by atoms with E-state index in [9.17, 15) is 9.59 Å². The van der Waals surface area contributed by atoms with E-state index in [1.54, 1.807) is 0 Å². The largest absolute Gasteiger partial charge is 0.449 e. The minimum Gasteiger partial charge on any atom is -0.449 e. The molecule has 1 atom stereocenters. The fourth-order valence-corrected chi connectivity index (χ4v) is 2.75. The number of amides is 2. The third-order valence-electron chi connectivity index (χ3n) is 3.80. The summed E-state index contributed by atoms with van der Waals surface area (Å²) in [6, 6.07) is 0.354. The molecule has 0 spiro atoms. The second-order valence-electron chi connectivity index (χ2n) is 5.03. The lowest BCUT2D eigenvalue weighted by Crippen LogP contribution is -2.50. The van der Waals surface area contributed by atoms with Crippen molar-refractivity contribution in [2.45, 2.75) is 45.1 Å². The molecule has 2 saturated heterocycles. The number of nitrogens with zero attached hydrogens (tertiary/aromatic N) is 2. The summed E-state index contributed by atoms with van der Waals surface area (Å²) < 4.78 is 4.95. The van der Waals surface area contributed by atoms with Crippen molar-refractivity contribution >= 4 is 12.0 Å². The van der Waals surface area contributed by atoms with Crippen LogP contribution in [0, 0.1) is 0 Å². The van der Waals surface area contributed by atoms with Crippen LogP contribution in [0.3, 0.4) is 0 Å². The predicted molar refractivity (Wildman–Crippen MR) is 67.2 cm³/mol. The zero-order valence-electron chi connectivity index (χ0n) is 11.1. The van der Waals surface area contributed by atoms with Crippen LogP contribution in [-0.4, -0.2) is 54.1 Å². The van der Waals surface area contributed by atoms with Gasteiger partial charge in [-0.15, -0.1) is 0 Å². The van der Waals surface area contributed by atoms with E-state index in [1.165, 1.54) is 11.3 Å². The Morgan fingerprint density at radius 3 is 2.89 bits per heavy atom. The van der Waals surface area contributed by atoms with Crippen molar-refractivity contribution in [3.05, 3.63) is 0 Å². The number of rotatable bonds is 3. The van der Waals surface area contributed by atoms with Gasteiger partial charge in [-0.05, 0) is 32.1 Å². The molecule has 0 radical (unpaired) electrons. The van der Waals surface area contributed by atoms with Crippen molar-refractivity contribution in [3.63, 3.8) is 0 Å². The Kier molecular flexibility index (Phi) is 4.44. The maximum Gasteiger partial charge on any atom is 0.410 e. The van der Waals surface area contributed by atoms with Gasteiger partial charge in [0.15, 0.2) is 0 Å². The zero-order chi connectivity index (χ0) is 13.0. The maximum absolute atomic E-state index is 12.3. The summed E-state index contributed by atoms with van der Waals surface area (Å²) >= 11 is 0. The van der Waals surface area contributed by atoms with Crippen molar-refractivity contribution in [1.82, 2.24) is 9.80 Å². The Morgan fingerprint density at radius 2 is 2.17 bits per heavy atom. The summed E-state index contributed by atoms with van der Waals surface area (Å²) in [5, 5.41) is 0. The van der Waals surface area contributed by atoms with Gasteiger partial charge in [0.1, 0.15) is 6.54 Å². The molecule has 0 aliphatic carbocycles. The molecule has 2 amide bonds. The van der Waals surface area contributed by atoms with Crippen molar-refractivity contribution in [2.75, 3.05) is 26.2 Å². The Labute approximate surface area is 108 Å². The summed E-state index contributed by atoms with van der Waals surface area (Å²) in [4.78, 5) is 27.2. The highest BCUT2D eigenvalue weighted by Gasteiger charge is 2.29. The number of ether oxygens (including phenoxy) is 1. The molecule has 2 fully saturated rings. The highest BCUT2D eigenvalue weighted by atomic mass is 16.6. The normalized spacial score (nSPS) is 24.9. The Hall–Kier alpha value is -1.26. The molecule has 2 aliphatic heterocycles. The SMILES string of the molecule is CCC1CCCCN1C(=O)CN1CCCOC1=O. The maximum atomic E-state index is 12.3. The Bertz CT molecular complexity index is 319. The van der Waals surface area contributed by atoms with Crippen LogP contribution in [0.5, 0.6) is 0 Å². The van der Waals surface area contributed by atoms with Gasteiger partial charge in [-0.3, -0.25) is 9.69 Å². The summed E-state index contributed by atoms with van der Waals surface area (Å²) in [5.41, 5.74) is 0. The number of cyclic esters (lactones) is 1. The summed E-state index contributed by atoms with van der Waals surface area (Å²) in [6.07, 6.45) is 4.83. The molecular weight excluding hydrogens is 232 g/mol. The monoisotopic (exact) mass is 254 g/mol. The molecule has 18 heavy (non-hydrogen) atoms. The molecule has 2 heterocycles. The lowest BCUT2D eigenvalue weighted by molar-refractivity contribution is -0.136. The van der Waals surface area contributed by atoms with Gasteiger partial charge < -0.3 is 9.64 Å². The molecular formula is C13H22N2O3. The summed E-state index contributed by atoms with van der Waals surface area (Å²) in [5.74, 6) is 0.0698. The first-order chi connectivity index (χ1) is 8.72. The molecule has 0 aromatic heterocycles. The van der Waals surface area contributed by atoms with Crippen LogP contribution < -0.4 is 0 Å². The molecule has 0 N–H and O–H groups in total. The minimum atomic E-state index is -0.348. The minimum absolute atomic E-state index is 0.0698. The smallest absolute Gasteiger partial charge is 0.410 e. The van der Waals surface area contributed by atoms with Crippen molar-refractivity contribution < 1.29 is 14.3 Å². The molecule has 2 aliphatic rings. The third-order valence-corrected chi connectivity index (χ3v) is 3.80. The van der Waals surface area contributed by atoms with E-state index < -0.39 is 0 Å². The number of hydrogen-bond donors (Lipinski definition) is 0. The van der Waals surface area contributed by atoms with E-state index in [4.69, 9.17) is 4.74 Å². The lowest BCUT2D eigenvalue weighted by atomic mass is 10.00. The molecule has 5 nitrogen and oxygen atoms in total. The predicted octanol–water partition coefficient (Wildman–Crippen LogP) is 1.62. The van der Waals surface area contributed by atoms with E-state index in [0.717, 1.165) is 32.2 Å². The molecule has 5 heteroatoms. The van der Waals surface area contributed by atoms with Crippen LogP contribution in [0.1, 0.15) is 39.0 Å². The van der Waals surface area contributed by atoms with Crippen LogP contribution in [0.15, 0.2) is 0 Å². The first kappa shape index (κ1) is 13.2. The third kappa shape index (κ3) is 2.94. The van der Waals surface area contributed by atoms with Crippen molar-refractivity contribution in [2.24, 2.45) is 0 Å². The van der Waals surface area contributed by atoms with Crippen molar-refractivity contribution in [1.29, 1.82) is 0 Å². The topological polar surface area (TPSA) is 49.9 Å². The van der Waals surface area contributed by atoms with E-state index >= 15 is 0 Å². The van der Waals surface area contributed by atoms with Gasteiger partial charge in [0.2, 0.25) is 5.91 Å². The van der Waals surface area contributed by atoms with E-state index in [1.807, 2.05) is 4.90 Å². The fraction of sp³-hybridized carbons (Fsp3) is 0.846. The number of carbonyl (C=O) groups excluding carboxylic acids is 2. The second kappa shape index (κ2) is 6.07. The standard InChI is InChI=1S/C13H22N2O3/c1-2-11-6-3-4-8-15(11)12(16)10-14-7-5-9-18-13(14)17/h11H,2-10H2,1H3.